The number of rotatable bonds is 17. The van der Waals surface area contributed by atoms with E-state index in [9.17, 15) is 9.59 Å². The third-order valence-corrected chi connectivity index (χ3v) is 9.16. The number of nitrogens with zero attached hydrogens (tertiary/aromatic N) is 4. The highest BCUT2D eigenvalue weighted by Gasteiger charge is 2.22. The van der Waals surface area contributed by atoms with Crippen molar-refractivity contribution >= 4 is 35.4 Å². The number of aromatic nitrogens is 4. The first-order chi connectivity index (χ1) is 23.9. The molecule has 0 saturated carbocycles. The molecule has 1 aliphatic rings. The Morgan fingerprint density at radius 1 is 0.898 bits per heavy atom. The van der Waals surface area contributed by atoms with Crippen LogP contribution in [0.3, 0.4) is 0 Å². The largest absolute Gasteiger partial charge is 0.480 e. The molecule has 4 aromatic rings. The zero-order chi connectivity index (χ0) is 34.8. The number of hydrogen-bond acceptors (Lipinski definition) is 11. The Bertz CT molecular complexity index is 1780. The highest BCUT2D eigenvalue weighted by atomic mass is 35.5. The van der Waals surface area contributed by atoms with Gasteiger partial charge in [-0.2, -0.15) is 0 Å². The van der Waals surface area contributed by atoms with E-state index in [1.54, 1.807) is 26.6 Å². The first-order valence-corrected chi connectivity index (χ1v) is 16.8. The van der Waals surface area contributed by atoms with Gasteiger partial charge in [0.25, 0.3) is 0 Å². The minimum atomic E-state index is 0.0794. The number of ether oxygens (including phenoxy) is 2. The Hall–Kier alpha value is -4.20. The van der Waals surface area contributed by atoms with Crippen molar-refractivity contribution in [1.82, 2.24) is 41.2 Å². The number of halogens is 2. The molecule has 1 unspecified atom stereocenters. The molecule has 1 fully saturated rings. The monoisotopic (exact) mass is 706 g/mol. The Morgan fingerprint density at radius 3 is 1.94 bits per heavy atom. The molecule has 1 saturated heterocycles. The Labute approximate surface area is 295 Å². The zero-order valence-electron chi connectivity index (χ0n) is 27.7. The lowest BCUT2D eigenvalue weighted by molar-refractivity contribution is -0.119. The Morgan fingerprint density at radius 2 is 1.45 bits per heavy atom. The second-order valence-corrected chi connectivity index (χ2v) is 12.3. The van der Waals surface area contributed by atoms with E-state index < -0.39 is 0 Å². The number of carbonyl (C=O) groups is 2. The number of carbonyl (C=O) groups excluding carboxylic acids is 2. The molecular formula is C35H40Cl2N8O4. The van der Waals surface area contributed by atoms with Gasteiger partial charge in [-0.15, -0.1) is 0 Å². The van der Waals surface area contributed by atoms with Gasteiger partial charge in [0.2, 0.25) is 17.7 Å². The SMILES string of the molecule is CNC(CCC=O)CNCc1ncc(-c2cccc(-c3cccc(-c4cnc(CNC[C@@H]5CCC(=O)N5)c(OC)n4)c3Cl)c2Cl)nc1OC. The smallest absolute Gasteiger partial charge is 0.237 e. The topological polar surface area (TPSA) is 152 Å². The normalized spacial score (nSPS) is 14.8. The lowest BCUT2D eigenvalue weighted by Crippen LogP contribution is -2.36. The van der Waals surface area contributed by atoms with Gasteiger partial charge in [-0.05, 0) is 19.9 Å². The lowest BCUT2D eigenvalue weighted by Gasteiger charge is -2.17. The van der Waals surface area contributed by atoms with E-state index in [1.807, 2.05) is 43.4 Å². The van der Waals surface area contributed by atoms with Gasteiger partial charge in [0.1, 0.15) is 17.7 Å². The summed E-state index contributed by atoms with van der Waals surface area (Å²) in [6, 6.07) is 11.6. The van der Waals surface area contributed by atoms with Crippen LogP contribution in [0.1, 0.15) is 37.1 Å². The highest BCUT2D eigenvalue weighted by Crippen LogP contribution is 2.42. The van der Waals surface area contributed by atoms with Gasteiger partial charge in [0.15, 0.2) is 0 Å². The highest BCUT2D eigenvalue weighted by molar-refractivity contribution is 6.39. The van der Waals surface area contributed by atoms with Gasteiger partial charge in [0.05, 0.1) is 48.0 Å². The third kappa shape index (κ3) is 8.89. The van der Waals surface area contributed by atoms with E-state index >= 15 is 0 Å². The molecular weight excluding hydrogens is 667 g/mol. The lowest BCUT2D eigenvalue weighted by atomic mass is 9.98. The van der Waals surface area contributed by atoms with Crippen LogP contribution in [0.15, 0.2) is 48.8 Å². The van der Waals surface area contributed by atoms with Crippen molar-refractivity contribution in [3.8, 4) is 45.4 Å². The predicted octanol–water partition coefficient (Wildman–Crippen LogP) is 4.62. The molecule has 258 valence electrons. The maximum Gasteiger partial charge on any atom is 0.237 e. The fourth-order valence-corrected chi connectivity index (χ4v) is 6.33. The van der Waals surface area contributed by atoms with Crippen molar-refractivity contribution in [2.75, 3.05) is 34.4 Å². The number of likely N-dealkylation sites (N-methyl/N-ethyl adjacent to an activating group) is 1. The molecule has 1 aliphatic heterocycles. The second-order valence-electron chi connectivity index (χ2n) is 11.6. The first-order valence-electron chi connectivity index (χ1n) is 16.1. The van der Waals surface area contributed by atoms with E-state index in [0.29, 0.717) is 106 Å². The summed E-state index contributed by atoms with van der Waals surface area (Å²) in [5.74, 6) is 0.848. The van der Waals surface area contributed by atoms with Crippen molar-refractivity contribution in [3.63, 3.8) is 0 Å². The van der Waals surface area contributed by atoms with Crippen LogP contribution < -0.4 is 30.7 Å². The van der Waals surface area contributed by atoms with Gasteiger partial charge in [-0.3, -0.25) is 14.8 Å². The van der Waals surface area contributed by atoms with Crippen molar-refractivity contribution in [2.45, 2.75) is 50.9 Å². The third-order valence-electron chi connectivity index (χ3n) is 8.34. The summed E-state index contributed by atoms with van der Waals surface area (Å²) in [5.41, 5.74) is 5.17. The molecule has 0 aliphatic carbocycles. The molecule has 2 atom stereocenters. The van der Waals surface area contributed by atoms with Crippen LogP contribution in [0.2, 0.25) is 10.0 Å². The summed E-state index contributed by atoms with van der Waals surface area (Å²) in [4.78, 5) is 40.9. The van der Waals surface area contributed by atoms with Crippen LogP contribution in [0.5, 0.6) is 11.8 Å². The summed E-state index contributed by atoms with van der Waals surface area (Å²) < 4.78 is 11.2. The van der Waals surface area contributed by atoms with Crippen LogP contribution in [0, 0.1) is 0 Å². The maximum atomic E-state index is 11.5. The van der Waals surface area contributed by atoms with Crippen LogP contribution in [0.4, 0.5) is 0 Å². The molecule has 3 heterocycles. The second kappa shape index (κ2) is 17.5. The molecule has 14 heteroatoms. The first kappa shape index (κ1) is 36.1. The number of amides is 1. The van der Waals surface area contributed by atoms with Crippen molar-refractivity contribution in [1.29, 1.82) is 0 Å². The molecule has 1 amide bonds. The summed E-state index contributed by atoms with van der Waals surface area (Å²) >= 11 is 14.1. The van der Waals surface area contributed by atoms with E-state index in [4.69, 9.17) is 42.6 Å². The summed E-state index contributed by atoms with van der Waals surface area (Å²) in [5, 5.41) is 13.8. The minimum Gasteiger partial charge on any atom is -0.480 e. The van der Waals surface area contributed by atoms with Crippen molar-refractivity contribution in [2.24, 2.45) is 0 Å². The quantitative estimate of drug-likeness (QED) is 0.114. The van der Waals surface area contributed by atoms with Gasteiger partial charge >= 0.3 is 0 Å². The van der Waals surface area contributed by atoms with Gasteiger partial charge in [0, 0.05) is 73.4 Å². The molecule has 12 nitrogen and oxygen atoms in total. The summed E-state index contributed by atoms with van der Waals surface area (Å²) in [6.07, 6.45) is 6.87. The average molecular weight is 708 g/mol. The molecule has 0 bridgehead atoms. The van der Waals surface area contributed by atoms with Crippen LogP contribution in [0.25, 0.3) is 33.6 Å². The molecule has 0 spiro atoms. The van der Waals surface area contributed by atoms with Crippen LogP contribution >= 0.6 is 23.2 Å². The fourth-order valence-electron chi connectivity index (χ4n) is 5.68. The van der Waals surface area contributed by atoms with E-state index in [1.165, 1.54) is 0 Å². The number of hydrogen-bond donors (Lipinski definition) is 4. The standard InChI is InChI=1S/C35H40Cl2N8O4/c1-38-21(7-6-14-46)15-39-17-29-34(48-2)44-27(19-41-29)25-10-4-8-23(32(25)36)24-9-5-11-26(33(24)37)28-20-42-30(35(45-28)49-3)18-40-16-22-12-13-31(47)43-22/h4-5,8-11,14,19-22,38-40H,6-7,12-13,15-18H2,1-3H3,(H,43,47)/t21?,22-/m0/s1. The summed E-state index contributed by atoms with van der Waals surface area (Å²) in [7, 11) is 4.98. The van der Waals surface area contributed by atoms with Crippen molar-refractivity contribution in [3.05, 3.63) is 70.2 Å². The predicted molar refractivity (Wildman–Crippen MR) is 190 cm³/mol. The Balaban J connectivity index is 1.34. The fraction of sp³-hybridized carbons (Fsp3) is 0.371. The zero-order valence-corrected chi connectivity index (χ0v) is 29.2. The number of methoxy groups -OCH3 is 2. The van der Waals surface area contributed by atoms with Gasteiger partial charge < -0.3 is 35.5 Å². The van der Waals surface area contributed by atoms with Crippen LogP contribution in [-0.4, -0.2) is 78.6 Å². The number of benzene rings is 2. The van der Waals surface area contributed by atoms with Gasteiger partial charge in [-0.1, -0.05) is 59.6 Å². The van der Waals surface area contributed by atoms with Crippen molar-refractivity contribution < 1.29 is 19.1 Å². The molecule has 2 aromatic carbocycles. The van der Waals surface area contributed by atoms with Crippen LogP contribution in [-0.2, 0) is 22.7 Å². The number of nitrogens with one attached hydrogen (secondary N) is 4. The molecule has 0 radical (unpaired) electrons. The molecule has 4 N–H and O–H groups in total. The Kier molecular flexibility index (Phi) is 12.9. The maximum absolute atomic E-state index is 11.5. The summed E-state index contributed by atoms with van der Waals surface area (Å²) in [6.45, 7) is 2.17. The number of aldehydes is 1. The molecule has 5 rings (SSSR count). The molecule has 49 heavy (non-hydrogen) atoms. The molecule has 2 aromatic heterocycles. The van der Waals surface area contributed by atoms with E-state index in [-0.39, 0.29) is 18.0 Å². The average Bonchev–Trinajstić information content (AvgIpc) is 3.54. The van der Waals surface area contributed by atoms with E-state index in [0.717, 1.165) is 19.1 Å². The van der Waals surface area contributed by atoms with Gasteiger partial charge in [-0.25, -0.2) is 9.97 Å². The minimum absolute atomic E-state index is 0.0794. The van der Waals surface area contributed by atoms with E-state index in [2.05, 4.69) is 31.2 Å².